The molecular weight excluding hydrogens is 369 g/mol. The van der Waals surface area contributed by atoms with Crippen LogP contribution in [0.25, 0.3) is 0 Å². The van der Waals surface area contributed by atoms with Crippen molar-refractivity contribution < 1.29 is 26.4 Å². The summed E-state index contributed by atoms with van der Waals surface area (Å²) >= 11 is 0. The van der Waals surface area contributed by atoms with Crippen LogP contribution < -0.4 is 9.62 Å². The Bertz CT molecular complexity index is 866. The van der Waals surface area contributed by atoms with E-state index in [2.05, 4.69) is 5.32 Å². The second-order valence-electron chi connectivity index (χ2n) is 5.56. The van der Waals surface area contributed by atoms with E-state index in [-0.39, 0.29) is 25.1 Å². The number of carbonyl (C=O) groups is 1. The number of nitrogens with one attached hydrogen (secondary N) is 1. The molecule has 0 atom stereocenters. The third kappa shape index (κ3) is 5.22. The maximum absolute atomic E-state index is 13.5. The smallest absolute Gasteiger partial charge is 0.232 e. The second kappa shape index (κ2) is 8.22. The van der Waals surface area contributed by atoms with Crippen molar-refractivity contribution in [1.82, 2.24) is 0 Å². The summed E-state index contributed by atoms with van der Waals surface area (Å²) in [5, 5.41) is 2.13. The molecule has 0 radical (unpaired) electrons. The van der Waals surface area contributed by atoms with Gasteiger partial charge in [0.1, 0.15) is 23.1 Å². The number of para-hydroxylation sites is 1. The predicted molar refractivity (Wildman–Crippen MR) is 92.8 cm³/mol. The van der Waals surface area contributed by atoms with Gasteiger partial charge in [0.25, 0.3) is 0 Å². The van der Waals surface area contributed by atoms with Gasteiger partial charge in [0.15, 0.2) is 0 Å². The normalized spacial score (nSPS) is 11.2. The van der Waals surface area contributed by atoms with Gasteiger partial charge in [0.2, 0.25) is 15.9 Å². The molecule has 0 saturated carbocycles. The Hall–Kier alpha value is -2.55. The molecule has 5 nitrogen and oxygen atoms in total. The van der Waals surface area contributed by atoms with Gasteiger partial charge in [0.05, 0.1) is 11.9 Å². The minimum atomic E-state index is -3.64. The lowest BCUT2D eigenvalue weighted by Gasteiger charge is -2.22. The number of amides is 1. The molecule has 0 aliphatic heterocycles. The Balaban J connectivity index is 1.99. The highest BCUT2D eigenvalue weighted by Crippen LogP contribution is 2.20. The summed E-state index contributed by atoms with van der Waals surface area (Å²) in [4.78, 5) is 11.9. The largest absolute Gasteiger partial charge is 0.321 e. The Kier molecular flexibility index (Phi) is 6.25. The molecule has 0 aromatic heterocycles. The van der Waals surface area contributed by atoms with Crippen LogP contribution in [0.3, 0.4) is 0 Å². The minimum Gasteiger partial charge on any atom is -0.321 e. The van der Waals surface area contributed by atoms with E-state index < -0.39 is 39.1 Å². The maximum Gasteiger partial charge on any atom is 0.232 e. The van der Waals surface area contributed by atoms with Crippen molar-refractivity contribution in [2.75, 3.05) is 22.4 Å². The van der Waals surface area contributed by atoms with Crippen molar-refractivity contribution in [2.45, 2.75) is 12.8 Å². The number of hydrogen-bond donors (Lipinski definition) is 1. The van der Waals surface area contributed by atoms with Gasteiger partial charge < -0.3 is 5.32 Å². The van der Waals surface area contributed by atoms with E-state index in [9.17, 15) is 26.4 Å². The minimum absolute atomic E-state index is 0.0440. The molecule has 0 heterocycles. The molecule has 0 unspecified atom stereocenters. The first-order valence-corrected chi connectivity index (χ1v) is 9.50. The van der Waals surface area contributed by atoms with E-state index in [4.69, 9.17) is 0 Å². The Morgan fingerprint density at radius 2 is 1.62 bits per heavy atom. The first kappa shape index (κ1) is 19.8. The van der Waals surface area contributed by atoms with E-state index in [1.165, 1.54) is 18.2 Å². The summed E-state index contributed by atoms with van der Waals surface area (Å²) in [5.74, 6) is -2.96. The molecule has 2 rings (SSSR count). The number of halogens is 3. The van der Waals surface area contributed by atoms with Gasteiger partial charge in [-0.15, -0.1) is 0 Å². The Morgan fingerprint density at radius 3 is 2.15 bits per heavy atom. The SMILES string of the molecule is CS(=O)(=O)N(CCCC(=O)Nc1c(F)cccc1F)c1ccc(F)cc1. The molecule has 0 saturated heterocycles. The van der Waals surface area contributed by atoms with Gasteiger partial charge in [-0.2, -0.15) is 0 Å². The van der Waals surface area contributed by atoms with E-state index in [0.29, 0.717) is 0 Å². The van der Waals surface area contributed by atoms with Crippen LogP contribution in [-0.2, 0) is 14.8 Å². The fourth-order valence-corrected chi connectivity index (χ4v) is 3.26. The molecule has 140 valence electrons. The quantitative estimate of drug-likeness (QED) is 0.794. The third-order valence-electron chi connectivity index (χ3n) is 3.51. The maximum atomic E-state index is 13.5. The highest BCUT2D eigenvalue weighted by atomic mass is 32.2. The summed E-state index contributed by atoms with van der Waals surface area (Å²) in [7, 11) is -3.64. The molecule has 9 heteroatoms. The summed E-state index contributed by atoms with van der Waals surface area (Å²) in [5.41, 5.74) is -0.287. The average molecular weight is 386 g/mol. The van der Waals surface area contributed by atoms with Crippen LogP contribution in [0.2, 0.25) is 0 Å². The van der Waals surface area contributed by atoms with Crippen LogP contribution in [0.15, 0.2) is 42.5 Å². The summed E-state index contributed by atoms with van der Waals surface area (Å²) in [6, 6.07) is 8.07. The van der Waals surface area contributed by atoms with E-state index >= 15 is 0 Å². The van der Waals surface area contributed by atoms with Crippen molar-refractivity contribution in [1.29, 1.82) is 0 Å². The van der Waals surface area contributed by atoms with Crippen molar-refractivity contribution >= 4 is 27.3 Å². The monoisotopic (exact) mass is 386 g/mol. The van der Waals surface area contributed by atoms with Gasteiger partial charge >= 0.3 is 0 Å². The van der Waals surface area contributed by atoms with Crippen molar-refractivity contribution in [3.63, 3.8) is 0 Å². The number of carbonyl (C=O) groups excluding carboxylic acids is 1. The van der Waals surface area contributed by atoms with Crippen LogP contribution in [0.1, 0.15) is 12.8 Å². The molecule has 0 bridgehead atoms. The molecule has 0 spiro atoms. The standard InChI is InChI=1S/C17H17F3N2O3S/c1-26(24,25)22(13-9-7-12(18)8-10-13)11-3-6-16(23)21-17-14(19)4-2-5-15(17)20/h2,4-5,7-10H,3,6,11H2,1H3,(H,21,23). The third-order valence-corrected chi connectivity index (χ3v) is 4.70. The highest BCUT2D eigenvalue weighted by Gasteiger charge is 2.18. The summed E-state index contributed by atoms with van der Waals surface area (Å²) in [6.45, 7) is -0.0440. The summed E-state index contributed by atoms with van der Waals surface area (Å²) in [6.07, 6.45) is 0.943. The number of benzene rings is 2. The zero-order chi connectivity index (χ0) is 19.3. The first-order valence-electron chi connectivity index (χ1n) is 7.65. The fraction of sp³-hybridized carbons (Fsp3) is 0.235. The van der Waals surface area contributed by atoms with Gasteiger partial charge in [-0.25, -0.2) is 21.6 Å². The van der Waals surface area contributed by atoms with E-state index in [1.54, 1.807) is 0 Å². The molecule has 0 aliphatic carbocycles. The van der Waals surface area contributed by atoms with Crippen molar-refractivity contribution in [3.8, 4) is 0 Å². The molecule has 0 fully saturated rings. The number of nitrogens with zero attached hydrogens (tertiary/aromatic N) is 1. The molecular formula is C17H17F3N2O3S. The topological polar surface area (TPSA) is 66.5 Å². The number of hydrogen-bond acceptors (Lipinski definition) is 3. The molecule has 26 heavy (non-hydrogen) atoms. The van der Waals surface area contributed by atoms with Crippen LogP contribution in [0, 0.1) is 17.5 Å². The van der Waals surface area contributed by atoms with Gasteiger partial charge in [-0.05, 0) is 42.8 Å². The van der Waals surface area contributed by atoms with E-state index in [0.717, 1.165) is 34.8 Å². The van der Waals surface area contributed by atoms with Crippen LogP contribution in [0.5, 0.6) is 0 Å². The van der Waals surface area contributed by atoms with E-state index in [1.807, 2.05) is 0 Å². The lowest BCUT2D eigenvalue weighted by Crippen LogP contribution is -2.31. The lowest BCUT2D eigenvalue weighted by molar-refractivity contribution is -0.116. The first-order chi connectivity index (χ1) is 12.2. The Morgan fingerprint density at radius 1 is 1.04 bits per heavy atom. The van der Waals surface area contributed by atoms with Crippen LogP contribution >= 0.6 is 0 Å². The van der Waals surface area contributed by atoms with Gasteiger partial charge in [0, 0.05) is 13.0 Å². The Labute approximate surface area is 149 Å². The molecule has 1 amide bonds. The van der Waals surface area contributed by atoms with Crippen LogP contribution in [0.4, 0.5) is 24.5 Å². The summed E-state index contributed by atoms with van der Waals surface area (Å²) < 4.78 is 64.8. The molecule has 1 N–H and O–H groups in total. The number of sulfonamides is 1. The fourth-order valence-electron chi connectivity index (χ4n) is 2.30. The zero-order valence-electron chi connectivity index (χ0n) is 13.9. The predicted octanol–water partition coefficient (Wildman–Crippen LogP) is 3.29. The van der Waals surface area contributed by atoms with Gasteiger partial charge in [-0.3, -0.25) is 9.10 Å². The van der Waals surface area contributed by atoms with Crippen molar-refractivity contribution in [3.05, 3.63) is 59.9 Å². The molecule has 2 aromatic rings. The van der Waals surface area contributed by atoms with Crippen LogP contribution in [-0.4, -0.2) is 27.1 Å². The molecule has 2 aromatic carbocycles. The zero-order valence-corrected chi connectivity index (χ0v) is 14.7. The van der Waals surface area contributed by atoms with Crippen molar-refractivity contribution in [2.24, 2.45) is 0 Å². The average Bonchev–Trinajstić information content (AvgIpc) is 2.55. The number of anilines is 2. The second-order valence-corrected chi connectivity index (χ2v) is 7.47. The lowest BCUT2D eigenvalue weighted by atomic mass is 10.2. The number of rotatable bonds is 7. The molecule has 0 aliphatic rings. The highest BCUT2D eigenvalue weighted by molar-refractivity contribution is 7.92. The van der Waals surface area contributed by atoms with Gasteiger partial charge in [-0.1, -0.05) is 6.07 Å².